The molecule has 0 amide bonds. The fraction of sp³-hybridized carbons (Fsp3) is 1.00. The van der Waals surface area contributed by atoms with Crippen LogP contribution in [-0.2, 0) is 19.6 Å². The maximum atomic E-state index is 14.1. The van der Waals surface area contributed by atoms with Crippen LogP contribution >= 0.6 is 0 Å². The summed E-state index contributed by atoms with van der Waals surface area (Å²) < 4.78 is 96.2. The number of halogens is 4. The van der Waals surface area contributed by atoms with Crippen molar-refractivity contribution in [1.82, 2.24) is 0 Å². The summed E-state index contributed by atoms with van der Waals surface area (Å²) in [4.78, 5) is 0. The van der Waals surface area contributed by atoms with Crippen LogP contribution in [-0.4, -0.2) is 42.1 Å². The van der Waals surface area contributed by atoms with Gasteiger partial charge in [-0.3, -0.25) is 4.55 Å². The van der Waals surface area contributed by atoms with E-state index in [9.17, 15) is 26.0 Å². The molecule has 2 aliphatic carbocycles. The lowest BCUT2D eigenvalue weighted by Gasteiger charge is -2.36. The molecule has 2 bridgehead atoms. The largest absolute Gasteiger partial charge is 0.431 e. The molecular formula is C12H16F4O5S. The topological polar surface area (TPSA) is 72.8 Å². The lowest BCUT2D eigenvalue weighted by molar-refractivity contribution is -0.212. The highest BCUT2D eigenvalue weighted by molar-refractivity contribution is 7.87. The van der Waals surface area contributed by atoms with E-state index < -0.39 is 51.1 Å². The zero-order valence-corrected chi connectivity index (χ0v) is 12.6. The quantitative estimate of drug-likeness (QED) is 0.626. The number of hydrogen-bond donors (Lipinski definition) is 1. The molecule has 2 saturated carbocycles. The molecule has 0 aromatic carbocycles. The minimum Gasteiger partial charge on any atom is -0.344 e. The molecule has 3 rings (SSSR count). The van der Waals surface area contributed by atoms with Crippen molar-refractivity contribution in [2.24, 2.45) is 17.8 Å². The minimum atomic E-state index is -6.21. The molecular weight excluding hydrogens is 332 g/mol. The van der Waals surface area contributed by atoms with Crippen molar-refractivity contribution in [1.29, 1.82) is 0 Å². The highest BCUT2D eigenvalue weighted by Gasteiger charge is 2.74. The van der Waals surface area contributed by atoms with E-state index in [-0.39, 0.29) is 18.8 Å². The van der Waals surface area contributed by atoms with Gasteiger partial charge in [0.1, 0.15) is 0 Å². The van der Waals surface area contributed by atoms with Crippen LogP contribution in [0.4, 0.5) is 17.6 Å². The second-order valence-electron chi connectivity index (χ2n) is 6.68. The second kappa shape index (κ2) is 4.34. The van der Waals surface area contributed by atoms with Crippen LogP contribution < -0.4 is 0 Å². The number of hydrogen-bond acceptors (Lipinski definition) is 4. The molecule has 128 valence electrons. The molecule has 0 aromatic heterocycles. The van der Waals surface area contributed by atoms with E-state index in [1.807, 2.05) is 0 Å². The van der Waals surface area contributed by atoms with E-state index in [0.717, 1.165) is 0 Å². The van der Waals surface area contributed by atoms with Crippen molar-refractivity contribution in [2.75, 3.05) is 0 Å². The van der Waals surface area contributed by atoms with E-state index in [1.165, 1.54) is 0 Å². The van der Waals surface area contributed by atoms with Gasteiger partial charge < -0.3 is 9.47 Å². The van der Waals surface area contributed by atoms with Crippen LogP contribution in [0.2, 0.25) is 0 Å². The molecule has 3 aliphatic rings. The monoisotopic (exact) mass is 348 g/mol. The Balaban J connectivity index is 1.90. The van der Waals surface area contributed by atoms with E-state index in [0.29, 0.717) is 0 Å². The van der Waals surface area contributed by atoms with Crippen LogP contribution in [0.15, 0.2) is 0 Å². The SMILES string of the molecule is CC1(C)OC2C3CC(C2O1)C(C(F)(F)C(F)(F)S(=O)(=O)O)C3. The Hall–Kier alpha value is -0.450. The van der Waals surface area contributed by atoms with E-state index in [1.54, 1.807) is 13.8 Å². The van der Waals surface area contributed by atoms with Gasteiger partial charge in [-0.15, -0.1) is 0 Å². The van der Waals surface area contributed by atoms with Gasteiger partial charge in [-0.05, 0) is 38.5 Å². The highest BCUT2D eigenvalue weighted by atomic mass is 32.2. The molecule has 5 unspecified atom stereocenters. The molecule has 1 saturated heterocycles. The van der Waals surface area contributed by atoms with Crippen LogP contribution in [0.3, 0.4) is 0 Å². The number of ether oxygens (including phenoxy) is 2. The summed E-state index contributed by atoms with van der Waals surface area (Å²) in [6.45, 7) is 3.20. The van der Waals surface area contributed by atoms with Gasteiger partial charge in [-0.1, -0.05) is 0 Å². The molecule has 10 heteroatoms. The lowest BCUT2D eigenvalue weighted by Crippen LogP contribution is -2.55. The molecule has 1 N–H and O–H groups in total. The molecule has 5 atom stereocenters. The Bertz CT molecular complexity index is 590. The third-order valence-corrected chi connectivity index (χ3v) is 5.80. The van der Waals surface area contributed by atoms with Crippen molar-refractivity contribution in [3.63, 3.8) is 0 Å². The van der Waals surface area contributed by atoms with Gasteiger partial charge in [-0.2, -0.15) is 26.0 Å². The zero-order valence-electron chi connectivity index (χ0n) is 11.8. The summed E-state index contributed by atoms with van der Waals surface area (Å²) in [5.41, 5.74) is 0. The van der Waals surface area contributed by atoms with Crippen molar-refractivity contribution in [2.45, 2.75) is 55.9 Å². The van der Waals surface area contributed by atoms with Gasteiger partial charge in [0.15, 0.2) is 5.79 Å². The molecule has 0 spiro atoms. The van der Waals surface area contributed by atoms with Crippen molar-refractivity contribution in [3.8, 4) is 0 Å². The fourth-order valence-corrected chi connectivity index (χ4v) is 4.56. The average Bonchev–Trinajstić information content (AvgIpc) is 2.94. The summed E-state index contributed by atoms with van der Waals surface area (Å²) in [5, 5.41) is -5.53. The fourth-order valence-electron chi connectivity index (χ4n) is 4.06. The van der Waals surface area contributed by atoms with Crippen LogP contribution in [0.25, 0.3) is 0 Å². The zero-order chi connectivity index (χ0) is 16.7. The first-order valence-electron chi connectivity index (χ1n) is 6.86. The van der Waals surface area contributed by atoms with Crippen LogP contribution in [0, 0.1) is 17.8 Å². The van der Waals surface area contributed by atoms with E-state index >= 15 is 0 Å². The first-order valence-corrected chi connectivity index (χ1v) is 8.30. The Labute approximate surface area is 124 Å². The van der Waals surface area contributed by atoms with Crippen LogP contribution in [0.5, 0.6) is 0 Å². The van der Waals surface area contributed by atoms with E-state index in [4.69, 9.17) is 14.0 Å². The molecule has 3 fully saturated rings. The van der Waals surface area contributed by atoms with Crippen molar-refractivity contribution < 1.29 is 40.0 Å². The van der Waals surface area contributed by atoms with E-state index in [2.05, 4.69) is 0 Å². The molecule has 22 heavy (non-hydrogen) atoms. The Morgan fingerprint density at radius 1 is 1.09 bits per heavy atom. The standard InChI is InChI=1S/C12H16F4O5S/c1-10(2)20-8-5-3-6(9(8)21-10)7(4-5)11(13,14)12(15,16)22(17,18)19/h5-9H,3-4H2,1-2H3,(H,17,18,19). The van der Waals surface area contributed by atoms with Crippen molar-refractivity contribution in [3.05, 3.63) is 0 Å². The Kier molecular flexibility index (Phi) is 3.24. The van der Waals surface area contributed by atoms with Crippen LogP contribution in [0.1, 0.15) is 26.7 Å². The maximum Gasteiger partial charge on any atom is 0.431 e. The van der Waals surface area contributed by atoms with Gasteiger partial charge in [0.25, 0.3) is 0 Å². The smallest absolute Gasteiger partial charge is 0.344 e. The summed E-state index contributed by atoms with van der Waals surface area (Å²) >= 11 is 0. The summed E-state index contributed by atoms with van der Waals surface area (Å²) in [6, 6.07) is 0. The Morgan fingerprint density at radius 2 is 1.64 bits per heavy atom. The second-order valence-corrected chi connectivity index (χ2v) is 8.14. The summed E-state index contributed by atoms with van der Waals surface area (Å²) in [6.07, 6.45) is -1.27. The lowest BCUT2D eigenvalue weighted by atomic mass is 9.81. The molecule has 0 radical (unpaired) electrons. The molecule has 0 aromatic rings. The average molecular weight is 348 g/mol. The van der Waals surface area contributed by atoms with Gasteiger partial charge in [0.05, 0.1) is 12.2 Å². The molecule has 1 heterocycles. The van der Waals surface area contributed by atoms with Crippen molar-refractivity contribution >= 4 is 10.1 Å². The molecule has 1 aliphatic heterocycles. The van der Waals surface area contributed by atoms with Gasteiger partial charge >= 0.3 is 21.3 Å². The third kappa shape index (κ3) is 2.03. The number of rotatable bonds is 3. The minimum absolute atomic E-state index is 0.216. The summed E-state index contributed by atoms with van der Waals surface area (Å²) in [7, 11) is -6.21. The molecule has 5 nitrogen and oxygen atoms in total. The van der Waals surface area contributed by atoms with Gasteiger partial charge in [0, 0.05) is 5.92 Å². The first-order chi connectivity index (χ1) is 9.78. The maximum absolute atomic E-state index is 14.1. The number of fused-ring (bicyclic) bond motifs is 5. The summed E-state index contributed by atoms with van der Waals surface area (Å²) in [5.74, 6) is -9.05. The Morgan fingerprint density at radius 3 is 2.18 bits per heavy atom. The predicted octanol–water partition coefficient (Wildman–Crippen LogP) is 2.28. The third-order valence-electron chi connectivity index (χ3n) is 4.88. The van der Waals surface area contributed by atoms with Gasteiger partial charge in [-0.25, -0.2) is 0 Å². The first kappa shape index (κ1) is 16.4. The highest BCUT2D eigenvalue weighted by Crippen LogP contribution is 2.61. The normalized spacial score (nSPS) is 41.0. The predicted molar refractivity (Wildman–Crippen MR) is 65.0 cm³/mol. The van der Waals surface area contributed by atoms with Gasteiger partial charge in [0.2, 0.25) is 0 Å². The number of alkyl halides is 4.